The second kappa shape index (κ2) is 9.78. The van der Waals surface area contributed by atoms with Crippen LogP contribution in [0.4, 0.5) is 0 Å². The van der Waals surface area contributed by atoms with E-state index in [-0.39, 0.29) is 41.4 Å². The Hall–Kier alpha value is -4.48. The van der Waals surface area contributed by atoms with Crippen LogP contribution in [-0.4, -0.2) is 49.2 Å². The number of hydrogen-bond donors (Lipinski definition) is 4. The molecular weight excluding hydrogens is 548 g/mol. The van der Waals surface area contributed by atoms with E-state index < -0.39 is 56.8 Å². The van der Waals surface area contributed by atoms with Crippen molar-refractivity contribution in [1.29, 1.82) is 0 Å². The van der Waals surface area contributed by atoms with Gasteiger partial charge in [-0.15, -0.1) is 0 Å². The minimum absolute atomic E-state index is 0.0000615. The molecule has 0 spiro atoms. The summed E-state index contributed by atoms with van der Waals surface area (Å²) in [6.45, 7) is 9.48. The second-order valence-electron chi connectivity index (χ2n) is 12.8. The number of fused-ring (bicyclic) bond motifs is 3. The molecule has 4 atom stereocenters. The third kappa shape index (κ3) is 4.09. The van der Waals surface area contributed by atoms with Crippen molar-refractivity contribution in [2.24, 2.45) is 22.7 Å². The van der Waals surface area contributed by atoms with Gasteiger partial charge in [-0.1, -0.05) is 51.7 Å². The molecule has 0 aromatic heterocycles. The fraction of sp³-hybridized carbons (Fsp3) is 0.371. The number of rotatable bonds is 3. The van der Waals surface area contributed by atoms with Gasteiger partial charge in [0.25, 0.3) is 0 Å². The maximum absolute atomic E-state index is 14.1. The third-order valence-corrected chi connectivity index (χ3v) is 9.52. The Kier molecular flexibility index (Phi) is 6.82. The predicted octanol–water partition coefficient (Wildman–Crippen LogP) is 4.95. The maximum atomic E-state index is 14.1. The lowest BCUT2D eigenvalue weighted by atomic mass is 9.44. The summed E-state index contributed by atoms with van der Waals surface area (Å²) in [4.78, 5) is 52.0. The highest BCUT2D eigenvalue weighted by Crippen LogP contribution is 2.65. The zero-order valence-corrected chi connectivity index (χ0v) is 25.0. The van der Waals surface area contributed by atoms with Crippen molar-refractivity contribution in [2.75, 3.05) is 0 Å². The first-order chi connectivity index (χ1) is 20.0. The standard InChI is InChI=1S/C35H34O8/c1-17(2)27-29(39)25(19(4)37)31(41)35(43)32(42)28-30(40)26-23(15-33(28,5)16-34(27,35)6)22(13-14-24(26)38)12-9-20-7-10-21(11-8-20)18(3)36/h7-8,10-11,13-14,17,27,38-39,42-43H,15-16H2,1-6H3/t27?,33-,34-,35+/m1/s1. The van der Waals surface area contributed by atoms with Gasteiger partial charge in [0, 0.05) is 39.0 Å². The average Bonchev–Trinajstić information content (AvgIpc) is 2.90. The first kappa shape index (κ1) is 30.0. The van der Waals surface area contributed by atoms with E-state index in [9.17, 15) is 39.6 Å². The highest BCUT2D eigenvalue weighted by atomic mass is 16.3. The van der Waals surface area contributed by atoms with Crippen molar-refractivity contribution in [3.63, 3.8) is 0 Å². The van der Waals surface area contributed by atoms with E-state index in [1.165, 1.54) is 13.0 Å². The molecule has 1 unspecified atom stereocenters. The van der Waals surface area contributed by atoms with Gasteiger partial charge in [-0.3, -0.25) is 19.2 Å². The molecule has 5 rings (SSSR count). The molecule has 4 N–H and O–H groups in total. The summed E-state index contributed by atoms with van der Waals surface area (Å²) in [5.41, 5.74) is -4.05. The van der Waals surface area contributed by atoms with Crippen LogP contribution >= 0.6 is 0 Å². The minimum atomic E-state index is -2.66. The molecule has 2 aromatic carbocycles. The number of phenolic OH excluding ortho intramolecular Hbond substituents is 1. The van der Waals surface area contributed by atoms with Crippen LogP contribution < -0.4 is 0 Å². The summed E-state index contributed by atoms with van der Waals surface area (Å²) in [6.07, 6.45) is 0.129. The van der Waals surface area contributed by atoms with Crippen LogP contribution in [0, 0.1) is 34.5 Å². The van der Waals surface area contributed by atoms with Gasteiger partial charge in [-0.25, -0.2) is 0 Å². The number of phenols is 1. The van der Waals surface area contributed by atoms with Crippen LogP contribution in [0.1, 0.15) is 85.4 Å². The Morgan fingerprint density at radius 3 is 2.12 bits per heavy atom. The molecule has 0 saturated heterocycles. The lowest BCUT2D eigenvalue weighted by Crippen LogP contribution is -2.67. The zero-order valence-electron chi connectivity index (χ0n) is 25.0. The van der Waals surface area contributed by atoms with Gasteiger partial charge in [0.15, 0.2) is 23.0 Å². The van der Waals surface area contributed by atoms with Crippen LogP contribution in [0.5, 0.6) is 5.75 Å². The highest BCUT2D eigenvalue weighted by Gasteiger charge is 2.71. The molecule has 0 aliphatic heterocycles. The number of aromatic hydroxyl groups is 1. The number of benzene rings is 2. The van der Waals surface area contributed by atoms with Gasteiger partial charge in [0.2, 0.25) is 5.78 Å². The van der Waals surface area contributed by atoms with Crippen molar-refractivity contribution in [2.45, 2.75) is 60.0 Å². The fourth-order valence-corrected chi connectivity index (χ4v) is 7.78. The monoisotopic (exact) mass is 582 g/mol. The largest absolute Gasteiger partial charge is 0.511 e. The van der Waals surface area contributed by atoms with Crippen molar-refractivity contribution >= 4 is 23.1 Å². The second-order valence-corrected chi connectivity index (χ2v) is 12.8. The number of aliphatic hydroxyl groups is 3. The van der Waals surface area contributed by atoms with E-state index in [0.717, 1.165) is 6.92 Å². The summed E-state index contributed by atoms with van der Waals surface area (Å²) < 4.78 is 0. The molecule has 0 fully saturated rings. The molecule has 0 bridgehead atoms. The Balaban J connectivity index is 1.71. The minimum Gasteiger partial charge on any atom is -0.511 e. The Bertz CT molecular complexity index is 1760. The van der Waals surface area contributed by atoms with Gasteiger partial charge < -0.3 is 20.4 Å². The van der Waals surface area contributed by atoms with E-state index >= 15 is 0 Å². The average molecular weight is 583 g/mol. The number of aliphatic hydroxyl groups excluding tert-OH is 2. The lowest BCUT2D eigenvalue weighted by Gasteiger charge is -2.59. The third-order valence-electron chi connectivity index (χ3n) is 9.52. The Morgan fingerprint density at radius 2 is 1.56 bits per heavy atom. The Labute approximate surface area is 249 Å². The summed E-state index contributed by atoms with van der Waals surface area (Å²) >= 11 is 0. The quantitative estimate of drug-likeness (QED) is 0.226. The number of Topliss-reactive ketones (excluding diaryl/α,β-unsaturated/α-hetero) is 4. The van der Waals surface area contributed by atoms with E-state index in [0.29, 0.717) is 22.3 Å². The van der Waals surface area contributed by atoms with Gasteiger partial charge in [-0.05, 0) is 62.4 Å². The van der Waals surface area contributed by atoms with Crippen molar-refractivity contribution in [3.8, 4) is 17.6 Å². The SMILES string of the molecule is CC(=O)C1=C(O)C(C(C)C)[C@@]2(C)C[C@@]3(C)Cc4c(C#Cc5ccc(C(C)=O)cc5)ccc(O)c4C(=O)C3=C(O)[C@@]2(O)C1=O. The van der Waals surface area contributed by atoms with E-state index in [1.807, 2.05) is 0 Å². The van der Waals surface area contributed by atoms with Crippen LogP contribution in [0.2, 0.25) is 0 Å². The van der Waals surface area contributed by atoms with Crippen LogP contribution in [0.25, 0.3) is 0 Å². The van der Waals surface area contributed by atoms with Gasteiger partial charge in [0.1, 0.15) is 22.8 Å². The molecule has 0 heterocycles. The number of carbonyl (C=O) groups excluding carboxylic acids is 4. The maximum Gasteiger partial charge on any atom is 0.209 e. The molecule has 3 aliphatic rings. The lowest BCUT2D eigenvalue weighted by molar-refractivity contribution is -0.171. The number of carbonyl (C=O) groups is 4. The number of hydrogen-bond acceptors (Lipinski definition) is 8. The van der Waals surface area contributed by atoms with E-state index in [4.69, 9.17) is 0 Å². The van der Waals surface area contributed by atoms with Crippen LogP contribution in [-0.2, 0) is 16.0 Å². The molecule has 222 valence electrons. The molecule has 8 heteroatoms. The summed E-state index contributed by atoms with van der Waals surface area (Å²) in [6, 6.07) is 9.71. The van der Waals surface area contributed by atoms with E-state index in [1.54, 1.807) is 58.0 Å². The van der Waals surface area contributed by atoms with E-state index in [2.05, 4.69) is 11.8 Å². The highest BCUT2D eigenvalue weighted by molar-refractivity contribution is 6.25. The first-order valence-electron chi connectivity index (χ1n) is 14.2. The zero-order chi connectivity index (χ0) is 31.8. The normalized spacial score (nSPS) is 28.1. The summed E-state index contributed by atoms with van der Waals surface area (Å²) in [5.74, 6) is 0.513. The van der Waals surface area contributed by atoms with Gasteiger partial charge in [0.05, 0.1) is 5.56 Å². The summed E-state index contributed by atoms with van der Waals surface area (Å²) in [7, 11) is 0. The topological polar surface area (TPSA) is 149 Å². The molecule has 0 saturated carbocycles. The molecule has 0 amide bonds. The van der Waals surface area contributed by atoms with Crippen molar-refractivity contribution in [3.05, 3.63) is 86.9 Å². The molecule has 2 aromatic rings. The number of allylic oxidation sites excluding steroid dienone is 2. The van der Waals surface area contributed by atoms with Gasteiger partial charge >= 0.3 is 0 Å². The molecule has 43 heavy (non-hydrogen) atoms. The first-order valence-corrected chi connectivity index (χ1v) is 14.2. The number of ketones is 4. The molecular formula is C35H34O8. The Morgan fingerprint density at radius 1 is 0.930 bits per heavy atom. The van der Waals surface area contributed by atoms with Crippen molar-refractivity contribution < 1.29 is 39.6 Å². The van der Waals surface area contributed by atoms with Crippen molar-refractivity contribution in [1.82, 2.24) is 0 Å². The molecule has 3 aliphatic carbocycles. The molecule has 8 nitrogen and oxygen atoms in total. The molecule has 0 radical (unpaired) electrons. The van der Waals surface area contributed by atoms with Crippen LogP contribution in [0.15, 0.2) is 59.1 Å². The van der Waals surface area contributed by atoms with Gasteiger partial charge in [-0.2, -0.15) is 0 Å². The smallest absolute Gasteiger partial charge is 0.209 e. The summed E-state index contributed by atoms with van der Waals surface area (Å²) in [5, 5.41) is 45.9. The fourth-order valence-electron chi connectivity index (χ4n) is 7.78. The predicted molar refractivity (Wildman–Crippen MR) is 158 cm³/mol. The van der Waals surface area contributed by atoms with Crippen LogP contribution in [0.3, 0.4) is 0 Å².